The van der Waals surface area contributed by atoms with E-state index in [-0.39, 0.29) is 70.3 Å². The molecular formula is C37H100N12O11. The van der Waals surface area contributed by atoms with Gasteiger partial charge in [0, 0.05) is 40.1 Å². The minimum absolute atomic E-state index is 0. The quantitative estimate of drug-likeness (QED) is 0.0148. The van der Waals surface area contributed by atoms with Crippen LogP contribution in [0.4, 0.5) is 0 Å². The molecule has 0 aromatic carbocycles. The number of carbonyl (C=O) groups is 4. The minimum Gasteiger partial charge on any atom is -0.480 e. The van der Waals surface area contributed by atoms with E-state index in [1.54, 1.807) is 0 Å². The van der Waals surface area contributed by atoms with E-state index in [1.165, 1.54) is 19.0 Å². The Morgan fingerprint density at radius 1 is 0.717 bits per heavy atom. The molecule has 2 fully saturated rings. The molecule has 0 aromatic heterocycles. The average molecular weight is 889 g/mol. The van der Waals surface area contributed by atoms with Crippen molar-refractivity contribution in [3.8, 4) is 0 Å². The highest BCUT2D eigenvalue weighted by Gasteiger charge is 2.64. The summed E-state index contributed by atoms with van der Waals surface area (Å²) in [7, 11) is 0. The van der Waals surface area contributed by atoms with Crippen LogP contribution in [0.15, 0.2) is 16.9 Å². The topological polar surface area (TPSA) is 492 Å². The van der Waals surface area contributed by atoms with Gasteiger partial charge >= 0.3 is 11.9 Å². The summed E-state index contributed by atoms with van der Waals surface area (Å²) in [4.78, 5) is 46.5. The molecule has 23 heteroatoms. The average Bonchev–Trinajstić information content (AvgIpc) is 3.94. The first-order valence-corrected chi connectivity index (χ1v) is 20.1. The maximum atomic E-state index is 13.1. The Kier molecular flexibility index (Phi) is 50.0. The summed E-state index contributed by atoms with van der Waals surface area (Å²) in [6.07, 6.45) is 13.2. The van der Waals surface area contributed by atoms with Gasteiger partial charge in [0.1, 0.15) is 13.6 Å². The summed E-state index contributed by atoms with van der Waals surface area (Å²) >= 11 is 0. The number of hydroxylamine groups is 2. The van der Waals surface area contributed by atoms with Crippen molar-refractivity contribution >= 4 is 31.7 Å². The summed E-state index contributed by atoms with van der Waals surface area (Å²) in [6.45, 7) is 9.25. The van der Waals surface area contributed by atoms with Crippen LogP contribution in [0.25, 0.3) is 0 Å². The number of hydrogen-bond donors (Lipinski definition) is 14. The molecule has 2 heterocycles. The highest BCUT2D eigenvalue weighted by molar-refractivity contribution is 6.00. The van der Waals surface area contributed by atoms with Crippen LogP contribution in [0.2, 0.25) is 0 Å². The van der Waals surface area contributed by atoms with E-state index in [2.05, 4.69) is 15.6 Å². The number of aliphatic imine (C=N–C) groups is 1. The Balaban J connectivity index is -0.0000000815. The largest absolute Gasteiger partial charge is 0.480 e. The second-order valence-corrected chi connectivity index (χ2v) is 13.8. The molecule has 2 aliphatic rings. The van der Waals surface area contributed by atoms with Gasteiger partial charge in [0.25, 0.3) is 0 Å². The molecule has 2 rings (SSSR count). The third-order valence-corrected chi connectivity index (χ3v) is 9.60. The lowest BCUT2D eigenvalue weighted by Crippen LogP contribution is -2.67. The van der Waals surface area contributed by atoms with Crippen molar-refractivity contribution < 1.29 is 66.1 Å². The van der Waals surface area contributed by atoms with E-state index >= 15 is 0 Å². The Morgan fingerprint density at radius 2 is 1.12 bits per heavy atom. The summed E-state index contributed by atoms with van der Waals surface area (Å²) in [5, 5.41) is 50.9. The van der Waals surface area contributed by atoms with Crippen LogP contribution in [0.3, 0.4) is 0 Å². The molecule has 0 radical (unpaired) electrons. The van der Waals surface area contributed by atoms with Gasteiger partial charge in [-0.1, -0.05) is 19.3 Å². The zero-order valence-electron chi connectivity index (χ0n) is 35.8. The maximum absolute atomic E-state index is 13.1. The molecule has 60 heavy (non-hydrogen) atoms. The predicted octanol–water partition coefficient (Wildman–Crippen LogP) is -1.92. The van der Waals surface area contributed by atoms with Crippen molar-refractivity contribution in [2.24, 2.45) is 62.2 Å². The summed E-state index contributed by atoms with van der Waals surface area (Å²) in [5.74, 6) is -5.08. The molecule has 0 saturated carbocycles. The third-order valence-electron chi connectivity index (χ3n) is 9.60. The van der Waals surface area contributed by atoms with Gasteiger partial charge in [-0.15, -0.1) is 0 Å². The second kappa shape index (κ2) is 43.8. The van der Waals surface area contributed by atoms with Gasteiger partial charge in [0.2, 0.25) is 0 Å². The first-order valence-electron chi connectivity index (χ1n) is 20.1. The number of carboxylic acid groups (broad SMARTS) is 2. The zero-order valence-corrected chi connectivity index (χ0v) is 35.8. The Morgan fingerprint density at radius 3 is 1.48 bits per heavy atom. The lowest BCUT2D eigenvalue weighted by Gasteiger charge is -2.46. The standard InChI is InChI=1S/C25H48N8O6.2C5H14N2.2CH2O.3H2O.7H2/c26-11-3-1-8-19(24(29,38)16-32-21-10-6-14-31-21)25(22(34)35,23(36)37)20(9-2-4-12-27)33(39)15-17(28)18-7-5-13-30-18;2*6-4-2-1-3-5-7;2*1-2;;;;;;;;;;/h15-16,18-21,30-31,38-39H,1-14,26-29H2,(H,34,35)(H,36,37);2*1-7H2;2*1H2;3*1H2;7*1H/b17-15+,32-16?;;;;;;;;;;;;;;. The highest BCUT2D eigenvalue weighted by atomic mass is 16.5. The van der Waals surface area contributed by atoms with Crippen LogP contribution < -0.4 is 56.5 Å². The number of carbonyl (C=O) groups excluding carboxylic acids is 2. The van der Waals surface area contributed by atoms with E-state index in [4.69, 9.17) is 55.5 Å². The predicted molar refractivity (Wildman–Crippen MR) is 250 cm³/mol. The van der Waals surface area contributed by atoms with E-state index in [0.29, 0.717) is 43.6 Å². The number of unbranched alkanes of at least 4 members (excludes halogenated alkanes) is 6. The molecule has 2 aliphatic heterocycles. The monoisotopic (exact) mass is 889 g/mol. The summed E-state index contributed by atoms with van der Waals surface area (Å²) < 4.78 is 0. The van der Waals surface area contributed by atoms with Crippen molar-refractivity contribution in [1.29, 1.82) is 0 Å². The van der Waals surface area contributed by atoms with E-state index in [1.807, 2.05) is 13.6 Å². The molecule has 0 aromatic rings. The molecule has 0 bridgehead atoms. The number of nitrogens with two attached hydrogens (primary N) is 8. The first-order chi connectivity index (χ1) is 27.3. The summed E-state index contributed by atoms with van der Waals surface area (Å²) in [5.41, 5.74) is 39.8. The second-order valence-electron chi connectivity index (χ2n) is 13.8. The number of aliphatic hydroxyl groups is 1. The minimum atomic E-state index is -2.75. The molecule has 5 atom stereocenters. The fraction of sp³-hybridized carbons (Fsp3) is 0.811. The zero-order chi connectivity index (χ0) is 44.1. The number of nitrogens with one attached hydrogen (secondary N) is 2. The Bertz CT molecular complexity index is 1050. The number of rotatable bonds is 26. The van der Waals surface area contributed by atoms with Crippen molar-refractivity contribution in [2.45, 2.75) is 127 Å². The van der Waals surface area contributed by atoms with Gasteiger partial charge in [-0.2, -0.15) is 0 Å². The smallest absolute Gasteiger partial charge is 0.323 e. The van der Waals surface area contributed by atoms with Crippen LogP contribution in [-0.4, -0.2) is 150 Å². The fourth-order valence-electron chi connectivity index (χ4n) is 6.60. The van der Waals surface area contributed by atoms with Crippen LogP contribution in [-0.2, 0) is 19.2 Å². The lowest BCUT2D eigenvalue weighted by atomic mass is 9.62. The van der Waals surface area contributed by atoms with E-state index < -0.39 is 35.0 Å². The number of hydrogen-bond acceptors (Lipinski definition) is 18. The van der Waals surface area contributed by atoms with Gasteiger partial charge in [0.15, 0.2) is 11.1 Å². The molecule has 374 valence electrons. The Hall–Kier alpha value is -3.27. The Labute approximate surface area is 366 Å². The molecule has 23 nitrogen and oxygen atoms in total. The molecular weight excluding hydrogens is 788 g/mol. The van der Waals surface area contributed by atoms with Gasteiger partial charge in [0.05, 0.1) is 12.2 Å². The normalized spacial score (nSPS) is 17.6. The summed E-state index contributed by atoms with van der Waals surface area (Å²) in [6, 6.07) is -1.79. The SMILES string of the molecule is C=O.C=O.NCCCCC(N(O)/C=C(/N)C1CCCN1)C(C(=O)O)(C(=O)O)C(CCCCN)C(N)(O)C=NC1CCCN1.NCCCCCN.NCCCCCN.O.O.O.[HH].[HH].[HH].[HH].[HH].[HH].[HH]. The van der Waals surface area contributed by atoms with Crippen LogP contribution in [0, 0.1) is 11.3 Å². The molecule has 28 N–H and O–H groups in total. The molecule has 0 aliphatic carbocycles. The van der Waals surface area contributed by atoms with Crippen LogP contribution in [0.5, 0.6) is 0 Å². The van der Waals surface area contributed by atoms with E-state index in [9.17, 15) is 30.1 Å². The van der Waals surface area contributed by atoms with Crippen molar-refractivity contribution in [3.05, 3.63) is 11.9 Å². The van der Waals surface area contributed by atoms with E-state index in [0.717, 1.165) is 84.0 Å². The van der Waals surface area contributed by atoms with Gasteiger partial charge < -0.3 is 86.8 Å². The first kappa shape index (κ1) is 68.5. The highest BCUT2D eigenvalue weighted by Crippen LogP contribution is 2.44. The fourth-order valence-corrected chi connectivity index (χ4v) is 6.60. The van der Waals surface area contributed by atoms with Gasteiger partial charge in [-0.05, 0) is 136 Å². The van der Waals surface area contributed by atoms with Crippen molar-refractivity contribution in [1.82, 2.24) is 15.7 Å². The molecule has 5 unspecified atom stereocenters. The van der Waals surface area contributed by atoms with Gasteiger partial charge in [-0.3, -0.25) is 35.9 Å². The number of aliphatic carboxylic acids is 2. The van der Waals surface area contributed by atoms with Crippen molar-refractivity contribution in [3.63, 3.8) is 0 Å². The van der Waals surface area contributed by atoms with Crippen LogP contribution >= 0.6 is 0 Å². The number of carboxylic acids is 2. The molecule has 0 spiro atoms. The molecule has 2 saturated heterocycles. The third kappa shape index (κ3) is 26.8. The van der Waals surface area contributed by atoms with Crippen LogP contribution in [0.1, 0.15) is 113 Å². The van der Waals surface area contributed by atoms with Crippen molar-refractivity contribution in [2.75, 3.05) is 52.4 Å². The number of nitrogens with zero attached hydrogens (tertiary/aromatic N) is 2. The molecule has 0 amide bonds. The lowest BCUT2D eigenvalue weighted by molar-refractivity contribution is -0.202. The van der Waals surface area contributed by atoms with Gasteiger partial charge in [-0.25, -0.2) is 0 Å². The maximum Gasteiger partial charge on any atom is 0.323 e.